The number of likely N-dealkylation sites (tertiary alicyclic amines) is 1. The van der Waals surface area contributed by atoms with Crippen molar-refractivity contribution in [3.05, 3.63) is 64.8 Å². The van der Waals surface area contributed by atoms with Gasteiger partial charge in [0.2, 0.25) is 0 Å². The van der Waals surface area contributed by atoms with Crippen LogP contribution in [0.15, 0.2) is 42.6 Å². The summed E-state index contributed by atoms with van der Waals surface area (Å²) < 4.78 is 0. The second-order valence-corrected chi connectivity index (χ2v) is 8.34. The molecule has 2 aromatic carbocycles. The van der Waals surface area contributed by atoms with Crippen molar-refractivity contribution >= 4 is 10.9 Å². The first-order valence-corrected chi connectivity index (χ1v) is 10.2. The summed E-state index contributed by atoms with van der Waals surface area (Å²) in [4.78, 5) is 5.07. The summed E-state index contributed by atoms with van der Waals surface area (Å²) in [5, 5.41) is 8.43. The fraction of sp³-hybridized carbons (Fsp3) is 0.435. The van der Waals surface area contributed by atoms with Crippen molar-refractivity contribution in [2.24, 2.45) is 0 Å². The van der Waals surface area contributed by atoms with Crippen LogP contribution in [0, 0.1) is 0 Å². The molecule has 5 rings (SSSR count). The number of benzene rings is 2. The molecule has 0 amide bonds. The van der Waals surface area contributed by atoms with Crippen LogP contribution in [0.2, 0.25) is 0 Å². The minimum Gasteiger partial charge on any atom is -0.301 e. The Bertz CT molecular complexity index is 938. The predicted octanol–water partition coefficient (Wildman–Crippen LogP) is 4.13. The van der Waals surface area contributed by atoms with Crippen LogP contribution in [0.1, 0.15) is 47.4 Å². The Kier molecular flexibility index (Phi) is 4.46. The summed E-state index contributed by atoms with van der Waals surface area (Å²) in [7, 11) is 2.24. The largest absolute Gasteiger partial charge is 0.301 e. The first-order chi connectivity index (χ1) is 13.3. The summed E-state index contributed by atoms with van der Waals surface area (Å²) in [6.45, 7) is 5.73. The molecular weight excluding hydrogens is 332 g/mol. The van der Waals surface area contributed by atoms with Crippen molar-refractivity contribution < 1.29 is 0 Å². The Balaban J connectivity index is 1.45. The fourth-order valence-electron chi connectivity index (χ4n) is 4.84. The molecule has 0 bridgehead atoms. The van der Waals surface area contributed by atoms with E-state index in [1.807, 2.05) is 6.20 Å². The Labute approximate surface area is 161 Å². The molecule has 2 aliphatic rings. The highest BCUT2D eigenvalue weighted by molar-refractivity contribution is 5.78. The van der Waals surface area contributed by atoms with Gasteiger partial charge in [-0.1, -0.05) is 30.7 Å². The molecule has 1 atom stereocenters. The van der Waals surface area contributed by atoms with Crippen LogP contribution in [-0.4, -0.2) is 46.7 Å². The zero-order chi connectivity index (χ0) is 18.2. The van der Waals surface area contributed by atoms with Crippen LogP contribution < -0.4 is 0 Å². The predicted molar refractivity (Wildman–Crippen MR) is 110 cm³/mol. The van der Waals surface area contributed by atoms with E-state index in [1.54, 1.807) is 0 Å². The third kappa shape index (κ3) is 3.40. The van der Waals surface area contributed by atoms with Crippen LogP contribution in [0.5, 0.6) is 0 Å². The summed E-state index contributed by atoms with van der Waals surface area (Å²) in [6, 6.07) is 13.9. The van der Waals surface area contributed by atoms with E-state index >= 15 is 0 Å². The number of nitrogens with one attached hydrogen (secondary N) is 1. The van der Waals surface area contributed by atoms with Crippen LogP contribution in [0.4, 0.5) is 0 Å². The number of piperidine rings is 1. The first kappa shape index (κ1) is 17.0. The van der Waals surface area contributed by atoms with E-state index in [2.05, 4.69) is 63.4 Å². The van der Waals surface area contributed by atoms with E-state index < -0.39 is 0 Å². The van der Waals surface area contributed by atoms with Gasteiger partial charge in [0.1, 0.15) is 0 Å². The third-order valence-corrected chi connectivity index (χ3v) is 6.24. The average Bonchev–Trinajstić information content (AvgIpc) is 3.15. The summed E-state index contributed by atoms with van der Waals surface area (Å²) in [5.74, 6) is 0.432. The molecule has 4 heteroatoms. The molecule has 1 saturated heterocycles. The van der Waals surface area contributed by atoms with Gasteiger partial charge in [0, 0.05) is 30.9 Å². The van der Waals surface area contributed by atoms with Gasteiger partial charge < -0.3 is 4.90 Å². The van der Waals surface area contributed by atoms with E-state index in [9.17, 15) is 0 Å². The Morgan fingerprint density at radius 3 is 2.85 bits per heavy atom. The van der Waals surface area contributed by atoms with Crippen LogP contribution >= 0.6 is 0 Å². The molecule has 1 aromatic heterocycles. The zero-order valence-corrected chi connectivity index (χ0v) is 16.1. The molecule has 4 nitrogen and oxygen atoms in total. The van der Waals surface area contributed by atoms with Gasteiger partial charge >= 0.3 is 0 Å². The van der Waals surface area contributed by atoms with Crippen molar-refractivity contribution in [1.82, 2.24) is 20.0 Å². The normalized spacial score (nSPS) is 21.4. The lowest BCUT2D eigenvalue weighted by molar-refractivity contribution is 0.220. The molecule has 140 valence electrons. The van der Waals surface area contributed by atoms with Crippen LogP contribution in [-0.2, 0) is 13.1 Å². The number of rotatable bonds is 3. The number of hydrogen-bond acceptors (Lipinski definition) is 3. The topological polar surface area (TPSA) is 35.2 Å². The lowest BCUT2D eigenvalue weighted by Crippen LogP contribution is -2.32. The van der Waals surface area contributed by atoms with Gasteiger partial charge in [-0.15, -0.1) is 0 Å². The van der Waals surface area contributed by atoms with Crippen molar-refractivity contribution in [3.8, 4) is 0 Å². The van der Waals surface area contributed by atoms with Crippen molar-refractivity contribution in [2.45, 2.75) is 38.3 Å². The number of aromatic nitrogens is 2. The van der Waals surface area contributed by atoms with Crippen molar-refractivity contribution in [3.63, 3.8) is 0 Å². The highest BCUT2D eigenvalue weighted by atomic mass is 15.1. The van der Waals surface area contributed by atoms with E-state index in [0.717, 1.165) is 25.2 Å². The number of fused-ring (bicyclic) bond motifs is 2. The van der Waals surface area contributed by atoms with Crippen molar-refractivity contribution in [1.29, 1.82) is 0 Å². The molecule has 0 spiro atoms. The zero-order valence-electron chi connectivity index (χ0n) is 16.1. The number of nitrogens with zero attached hydrogens (tertiary/aromatic N) is 3. The molecule has 3 aromatic rings. The highest BCUT2D eigenvalue weighted by Gasteiger charge is 2.25. The standard InChI is InChI=1S/C23H28N4/c1-26-15-20-11-17(14-27-9-3-2-4-10-27)5-7-21(20)22(16-26)18-6-8-23-19(12-18)13-24-25-23/h5-8,11-13,22H,2-4,9-10,14-16H2,1H3,(H,24,25). The van der Waals surface area contributed by atoms with Crippen molar-refractivity contribution in [2.75, 3.05) is 26.7 Å². The number of hydrogen-bond donors (Lipinski definition) is 1. The quantitative estimate of drug-likeness (QED) is 0.763. The molecule has 1 fully saturated rings. The van der Waals surface area contributed by atoms with E-state index in [4.69, 9.17) is 0 Å². The minimum absolute atomic E-state index is 0.432. The fourth-order valence-corrected chi connectivity index (χ4v) is 4.84. The SMILES string of the molecule is CN1Cc2cc(CN3CCCCC3)ccc2C(c2ccc3[nH]ncc3c2)C1. The van der Waals surface area contributed by atoms with Gasteiger partial charge in [-0.2, -0.15) is 5.10 Å². The van der Waals surface area contributed by atoms with Gasteiger partial charge in [-0.05, 0) is 67.4 Å². The first-order valence-electron chi connectivity index (χ1n) is 10.2. The van der Waals surface area contributed by atoms with Crippen LogP contribution in [0.25, 0.3) is 10.9 Å². The maximum atomic E-state index is 4.17. The Morgan fingerprint density at radius 2 is 1.96 bits per heavy atom. The van der Waals surface area contributed by atoms with E-state index in [0.29, 0.717) is 5.92 Å². The second kappa shape index (κ2) is 7.10. The third-order valence-electron chi connectivity index (χ3n) is 6.24. The van der Waals surface area contributed by atoms with E-state index in [-0.39, 0.29) is 0 Å². The number of likely N-dealkylation sites (N-methyl/N-ethyl adjacent to an activating group) is 1. The number of H-pyrrole nitrogens is 1. The molecule has 3 heterocycles. The van der Waals surface area contributed by atoms with Gasteiger partial charge in [0.05, 0.1) is 11.7 Å². The van der Waals surface area contributed by atoms with Gasteiger partial charge in [0.15, 0.2) is 0 Å². The van der Waals surface area contributed by atoms with Gasteiger partial charge in [-0.3, -0.25) is 10.00 Å². The summed E-state index contributed by atoms with van der Waals surface area (Å²) in [6.07, 6.45) is 6.03. The highest BCUT2D eigenvalue weighted by Crippen LogP contribution is 2.34. The molecular formula is C23H28N4. The molecule has 1 unspecified atom stereocenters. The number of aromatic amines is 1. The summed E-state index contributed by atoms with van der Waals surface area (Å²) >= 11 is 0. The van der Waals surface area contributed by atoms with Gasteiger partial charge in [-0.25, -0.2) is 0 Å². The second-order valence-electron chi connectivity index (χ2n) is 8.34. The lowest BCUT2D eigenvalue weighted by atomic mass is 9.83. The van der Waals surface area contributed by atoms with Gasteiger partial charge in [0.25, 0.3) is 0 Å². The molecule has 0 saturated carbocycles. The molecule has 2 aliphatic heterocycles. The maximum absolute atomic E-state index is 4.17. The summed E-state index contributed by atoms with van der Waals surface area (Å²) in [5.41, 5.74) is 6.96. The maximum Gasteiger partial charge on any atom is 0.0650 e. The average molecular weight is 361 g/mol. The molecule has 0 radical (unpaired) electrons. The molecule has 27 heavy (non-hydrogen) atoms. The lowest BCUT2D eigenvalue weighted by Gasteiger charge is -2.33. The Morgan fingerprint density at radius 1 is 1.07 bits per heavy atom. The smallest absolute Gasteiger partial charge is 0.0650 e. The van der Waals surface area contributed by atoms with E-state index in [1.165, 1.54) is 60.0 Å². The molecule has 1 N–H and O–H groups in total. The minimum atomic E-state index is 0.432. The van der Waals surface area contributed by atoms with Crippen LogP contribution in [0.3, 0.4) is 0 Å². The Hall–Kier alpha value is -2.17. The monoisotopic (exact) mass is 360 g/mol. The molecule has 0 aliphatic carbocycles.